The molecule has 4 rings (SSSR count). The molecule has 0 bridgehead atoms. The van der Waals surface area contributed by atoms with Crippen molar-refractivity contribution in [1.82, 2.24) is 0 Å². The van der Waals surface area contributed by atoms with Gasteiger partial charge in [0, 0.05) is 23.6 Å². The molecule has 0 atom stereocenters. The summed E-state index contributed by atoms with van der Waals surface area (Å²) in [4.78, 5) is 0. The van der Waals surface area contributed by atoms with Crippen LogP contribution in [0, 0.1) is 0 Å². The van der Waals surface area contributed by atoms with Gasteiger partial charge in [-0.3, -0.25) is 0 Å². The minimum atomic E-state index is 0.122. The number of methoxy groups -OCH3 is 1. The summed E-state index contributed by atoms with van der Waals surface area (Å²) in [7, 11) is 1.54. The first-order valence-electron chi connectivity index (χ1n) is 10.2. The Morgan fingerprint density at radius 3 is 2.27 bits per heavy atom. The van der Waals surface area contributed by atoms with Gasteiger partial charge in [-0.15, -0.1) is 0 Å². The van der Waals surface area contributed by atoms with Gasteiger partial charge in [-0.05, 0) is 38.3 Å². The molecule has 1 N–H and O–H groups in total. The zero-order valence-corrected chi connectivity index (χ0v) is 17.7. The maximum atomic E-state index is 10.6. The van der Waals surface area contributed by atoms with Crippen LogP contribution in [0.5, 0.6) is 28.7 Å². The third-order valence-corrected chi connectivity index (χ3v) is 5.06. The average molecular weight is 408 g/mol. The summed E-state index contributed by atoms with van der Waals surface area (Å²) in [5, 5.41) is 14.0. The molecular weight excluding hydrogens is 382 g/mol. The molecule has 0 aliphatic rings. The van der Waals surface area contributed by atoms with Gasteiger partial charge in [0.1, 0.15) is 11.1 Å². The fourth-order valence-electron chi connectivity index (χ4n) is 3.82. The standard InChI is InChI=1S/C24H25NO5/c1-5-28-20-13-21(29-6-2)24(30-7-3)16-10-11-25-14-17-15(12-18(25)22(16)20)8-9-19(27-4)23(17)26/h8-14H,5-7H2,1-4H3/p+1. The molecule has 0 unspecified atom stereocenters. The Bertz CT molecular complexity index is 1240. The van der Waals surface area contributed by atoms with Crippen molar-refractivity contribution in [3.05, 3.63) is 42.7 Å². The van der Waals surface area contributed by atoms with Crippen LogP contribution >= 0.6 is 0 Å². The molecule has 0 aliphatic carbocycles. The highest BCUT2D eigenvalue weighted by atomic mass is 16.5. The number of fused-ring (bicyclic) bond motifs is 4. The third kappa shape index (κ3) is 3.18. The molecule has 0 spiro atoms. The second kappa shape index (κ2) is 8.14. The minimum Gasteiger partial charge on any atom is -0.504 e. The number of hydrogen-bond donors (Lipinski definition) is 1. The van der Waals surface area contributed by atoms with Crippen molar-refractivity contribution >= 4 is 27.1 Å². The van der Waals surface area contributed by atoms with Gasteiger partial charge in [-0.25, -0.2) is 0 Å². The van der Waals surface area contributed by atoms with E-state index in [0.717, 1.165) is 27.4 Å². The molecule has 0 fully saturated rings. The summed E-state index contributed by atoms with van der Waals surface area (Å²) in [6.45, 7) is 7.45. The summed E-state index contributed by atoms with van der Waals surface area (Å²) in [5.41, 5.74) is 0.942. The maximum Gasteiger partial charge on any atom is 0.223 e. The highest BCUT2D eigenvalue weighted by Gasteiger charge is 2.22. The van der Waals surface area contributed by atoms with Gasteiger partial charge in [0.2, 0.25) is 5.52 Å². The molecule has 156 valence electrons. The Morgan fingerprint density at radius 1 is 0.833 bits per heavy atom. The number of nitrogens with zero attached hydrogens (tertiary/aromatic N) is 1. The fraction of sp³-hybridized carbons (Fsp3) is 0.292. The van der Waals surface area contributed by atoms with Crippen LogP contribution in [-0.2, 0) is 0 Å². The summed E-state index contributed by atoms with van der Waals surface area (Å²) >= 11 is 0. The second-order valence-corrected chi connectivity index (χ2v) is 6.79. The highest BCUT2D eigenvalue weighted by Crippen LogP contribution is 2.43. The topological polar surface area (TPSA) is 61.3 Å². The lowest BCUT2D eigenvalue weighted by Crippen LogP contribution is -2.21. The van der Waals surface area contributed by atoms with E-state index >= 15 is 0 Å². The lowest BCUT2D eigenvalue weighted by atomic mass is 10.0. The van der Waals surface area contributed by atoms with Crippen LogP contribution in [0.25, 0.3) is 27.1 Å². The van der Waals surface area contributed by atoms with Gasteiger partial charge in [0.15, 0.2) is 35.4 Å². The summed E-state index contributed by atoms with van der Waals surface area (Å²) in [5.74, 6) is 2.67. The zero-order valence-electron chi connectivity index (χ0n) is 17.7. The predicted molar refractivity (Wildman–Crippen MR) is 116 cm³/mol. The molecular formula is C24H26NO5+. The van der Waals surface area contributed by atoms with Crippen LogP contribution in [0.2, 0.25) is 0 Å². The molecule has 2 heterocycles. The first kappa shape index (κ1) is 19.9. The van der Waals surface area contributed by atoms with E-state index < -0.39 is 0 Å². The number of rotatable bonds is 7. The van der Waals surface area contributed by atoms with E-state index in [4.69, 9.17) is 18.9 Å². The van der Waals surface area contributed by atoms with E-state index in [9.17, 15) is 5.11 Å². The highest BCUT2D eigenvalue weighted by molar-refractivity contribution is 6.05. The van der Waals surface area contributed by atoms with Crippen LogP contribution in [0.1, 0.15) is 20.8 Å². The molecule has 2 aromatic heterocycles. The molecule has 0 radical (unpaired) electrons. The average Bonchev–Trinajstić information content (AvgIpc) is 2.75. The van der Waals surface area contributed by atoms with Crippen molar-refractivity contribution in [2.45, 2.75) is 20.8 Å². The zero-order chi connectivity index (χ0) is 21.3. The number of ether oxygens (including phenoxy) is 4. The number of pyridine rings is 2. The molecule has 2 aromatic carbocycles. The Labute approximate surface area is 175 Å². The van der Waals surface area contributed by atoms with Crippen LogP contribution in [0.4, 0.5) is 0 Å². The summed E-state index contributed by atoms with van der Waals surface area (Å²) < 4.78 is 25.1. The molecule has 6 nitrogen and oxygen atoms in total. The second-order valence-electron chi connectivity index (χ2n) is 6.79. The van der Waals surface area contributed by atoms with E-state index in [1.54, 1.807) is 13.2 Å². The van der Waals surface area contributed by atoms with Crippen molar-refractivity contribution in [2.75, 3.05) is 26.9 Å². The first-order chi connectivity index (χ1) is 14.6. The molecule has 0 saturated heterocycles. The van der Waals surface area contributed by atoms with Gasteiger partial charge >= 0.3 is 0 Å². The summed E-state index contributed by atoms with van der Waals surface area (Å²) in [6.07, 6.45) is 3.85. The summed E-state index contributed by atoms with van der Waals surface area (Å²) in [6, 6.07) is 9.62. The van der Waals surface area contributed by atoms with Gasteiger partial charge in [-0.2, -0.15) is 4.40 Å². The SMILES string of the molecule is CCOc1cc(OCC)c2c(cc[n+]3cc4c(O)c(OC)ccc4cc23)c1OCC. The number of phenolic OH excluding ortho intramolecular Hbond substituents is 1. The number of benzene rings is 2. The first-order valence-corrected chi connectivity index (χ1v) is 10.2. The lowest BCUT2D eigenvalue weighted by Gasteiger charge is -2.16. The van der Waals surface area contributed by atoms with Crippen molar-refractivity contribution in [3.8, 4) is 28.7 Å². The smallest absolute Gasteiger partial charge is 0.223 e. The van der Waals surface area contributed by atoms with E-state index in [0.29, 0.717) is 42.5 Å². The number of aromatic nitrogens is 1. The largest absolute Gasteiger partial charge is 0.504 e. The third-order valence-electron chi connectivity index (χ3n) is 5.06. The van der Waals surface area contributed by atoms with E-state index in [-0.39, 0.29) is 5.75 Å². The number of hydrogen-bond acceptors (Lipinski definition) is 5. The molecule has 30 heavy (non-hydrogen) atoms. The normalized spacial score (nSPS) is 11.2. The minimum absolute atomic E-state index is 0.122. The van der Waals surface area contributed by atoms with E-state index in [2.05, 4.69) is 0 Å². The van der Waals surface area contributed by atoms with Crippen molar-refractivity contribution in [1.29, 1.82) is 0 Å². The Hall–Kier alpha value is -3.41. The Balaban J connectivity index is 2.12. The van der Waals surface area contributed by atoms with Crippen LogP contribution < -0.4 is 23.3 Å². The van der Waals surface area contributed by atoms with E-state index in [1.165, 1.54) is 0 Å². The molecule has 6 heteroatoms. The number of aromatic hydroxyl groups is 1. The molecule has 0 aliphatic heterocycles. The van der Waals surface area contributed by atoms with Gasteiger partial charge in [-0.1, -0.05) is 0 Å². The predicted octanol–water partition coefficient (Wildman–Crippen LogP) is 4.64. The maximum absolute atomic E-state index is 10.6. The van der Waals surface area contributed by atoms with E-state index in [1.807, 2.05) is 61.8 Å². The van der Waals surface area contributed by atoms with Gasteiger partial charge in [0.25, 0.3) is 0 Å². The van der Waals surface area contributed by atoms with Crippen LogP contribution in [0.15, 0.2) is 42.7 Å². The van der Waals surface area contributed by atoms with Gasteiger partial charge < -0.3 is 24.1 Å². The van der Waals surface area contributed by atoms with Crippen LogP contribution in [-0.4, -0.2) is 32.0 Å². The van der Waals surface area contributed by atoms with Crippen LogP contribution in [0.3, 0.4) is 0 Å². The van der Waals surface area contributed by atoms with Gasteiger partial charge in [0.05, 0.1) is 32.3 Å². The fourth-order valence-corrected chi connectivity index (χ4v) is 3.82. The van der Waals surface area contributed by atoms with Crippen molar-refractivity contribution in [3.63, 3.8) is 0 Å². The lowest BCUT2D eigenvalue weighted by molar-refractivity contribution is -0.509. The molecule has 0 amide bonds. The Kier molecular flexibility index (Phi) is 5.40. The number of phenols is 1. The van der Waals surface area contributed by atoms with Crippen molar-refractivity contribution in [2.24, 2.45) is 0 Å². The molecule has 4 aromatic rings. The quantitative estimate of drug-likeness (QED) is 0.274. The van der Waals surface area contributed by atoms with Crippen molar-refractivity contribution < 1.29 is 28.5 Å². The molecule has 0 saturated carbocycles. The Morgan fingerprint density at radius 2 is 1.57 bits per heavy atom. The monoisotopic (exact) mass is 408 g/mol.